The third-order valence-electron chi connectivity index (χ3n) is 5.75. The van der Waals surface area contributed by atoms with Crippen LogP contribution in [0.2, 0.25) is 20.1 Å². The largest absolute Gasteiger partial charge is 0.458 e. The van der Waals surface area contributed by atoms with Crippen LogP contribution in [0.15, 0.2) is 74.0 Å². The second-order valence-corrected chi connectivity index (χ2v) is 10.8. The van der Waals surface area contributed by atoms with Crippen molar-refractivity contribution in [3.05, 3.63) is 111 Å². The molecule has 0 spiro atoms. The Morgan fingerprint density at radius 3 is 2.50 bits per heavy atom. The van der Waals surface area contributed by atoms with Crippen molar-refractivity contribution < 1.29 is 9.21 Å². The molecule has 4 aromatic rings. The molecule has 0 aliphatic carbocycles. The highest BCUT2D eigenvalue weighted by Crippen LogP contribution is 2.35. The van der Waals surface area contributed by atoms with E-state index in [0.29, 0.717) is 63.3 Å². The van der Waals surface area contributed by atoms with Crippen LogP contribution in [0.3, 0.4) is 0 Å². The molecular weight excluding hydrogens is 562 g/mol. The highest BCUT2D eigenvalue weighted by atomic mass is 35.5. The zero-order valence-corrected chi connectivity index (χ0v) is 22.7. The van der Waals surface area contributed by atoms with Crippen molar-refractivity contribution in [2.24, 2.45) is 4.99 Å². The van der Waals surface area contributed by atoms with E-state index in [-0.39, 0.29) is 11.3 Å². The number of ketones is 1. The molecule has 36 heavy (non-hydrogen) atoms. The number of benzene rings is 2. The van der Waals surface area contributed by atoms with Crippen LogP contribution in [-0.4, -0.2) is 10.4 Å². The van der Waals surface area contributed by atoms with E-state index in [1.807, 2.05) is 0 Å². The molecule has 2 aromatic carbocycles. The van der Waals surface area contributed by atoms with Gasteiger partial charge in [-0.25, -0.2) is 4.99 Å². The maximum Gasteiger partial charge on any atom is 0.271 e. The van der Waals surface area contributed by atoms with E-state index >= 15 is 0 Å². The van der Waals surface area contributed by atoms with Gasteiger partial charge in [0.15, 0.2) is 10.6 Å². The van der Waals surface area contributed by atoms with Crippen molar-refractivity contribution in [3.63, 3.8) is 0 Å². The Bertz CT molecular complexity index is 1760. The second kappa shape index (κ2) is 9.69. The molecule has 1 aliphatic heterocycles. The monoisotopic (exact) mass is 576 g/mol. The van der Waals surface area contributed by atoms with Gasteiger partial charge < -0.3 is 4.42 Å². The molecule has 0 radical (unpaired) electrons. The topological polar surface area (TPSA) is 64.6 Å². The summed E-state index contributed by atoms with van der Waals surface area (Å²) in [6.45, 7) is 3.20. The number of rotatable bonds is 4. The van der Waals surface area contributed by atoms with Crippen molar-refractivity contribution in [1.29, 1.82) is 0 Å². The summed E-state index contributed by atoms with van der Waals surface area (Å²) in [5.74, 6) is 0.743. The Kier molecular flexibility index (Phi) is 6.74. The molecule has 5 rings (SSSR count). The third kappa shape index (κ3) is 4.49. The molecule has 182 valence electrons. The predicted molar refractivity (Wildman–Crippen MR) is 145 cm³/mol. The summed E-state index contributed by atoms with van der Waals surface area (Å²) in [5, 5.41) is 1.73. The highest BCUT2D eigenvalue weighted by Gasteiger charge is 2.33. The van der Waals surface area contributed by atoms with Gasteiger partial charge in [-0.05, 0) is 68.0 Å². The molecule has 1 aliphatic rings. The number of nitrogens with zero attached hydrogens (tertiary/aromatic N) is 2. The van der Waals surface area contributed by atoms with Crippen LogP contribution >= 0.6 is 57.7 Å². The van der Waals surface area contributed by atoms with Crippen LogP contribution in [0.1, 0.15) is 31.2 Å². The van der Waals surface area contributed by atoms with Crippen molar-refractivity contribution in [2.75, 3.05) is 0 Å². The number of carbonyl (C=O) groups excluding carboxylic acids is 1. The Labute approximate surface area is 229 Å². The first kappa shape index (κ1) is 25.1. The van der Waals surface area contributed by atoms with Gasteiger partial charge >= 0.3 is 0 Å². The maximum atomic E-state index is 13.6. The van der Waals surface area contributed by atoms with Crippen molar-refractivity contribution >= 4 is 69.6 Å². The van der Waals surface area contributed by atoms with Crippen LogP contribution in [-0.2, 0) is 4.79 Å². The molecule has 0 unspecified atom stereocenters. The number of furan rings is 1. The number of Topliss-reactive ketones (excluding diaryl/α,β-unsaturated/α-hetero) is 1. The first-order chi connectivity index (χ1) is 17.1. The van der Waals surface area contributed by atoms with Gasteiger partial charge in [0.1, 0.15) is 17.6 Å². The molecule has 10 heteroatoms. The van der Waals surface area contributed by atoms with E-state index in [0.717, 1.165) is 0 Å². The molecule has 0 amide bonds. The third-order valence-corrected chi connectivity index (χ3v) is 8.03. The normalized spacial score (nSPS) is 15.7. The first-order valence-electron chi connectivity index (χ1n) is 10.7. The summed E-state index contributed by atoms with van der Waals surface area (Å²) >= 11 is 25.8. The van der Waals surface area contributed by atoms with E-state index < -0.39 is 6.04 Å². The molecular formula is C26H16Cl4N2O3S. The zero-order valence-electron chi connectivity index (χ0n) is 18.8. The molecule has 3 heterocycles. The molecule has 0 fully saturated rings. The number of allylic oxidation sites excluding steroid dienone is 2. The lowest BCUT2D eigenvalue weighted by Crippen LogP contribution is -2.39. The number of hydrogen-bond acceptors (Lipinski definition) is 5. The Morgan fingerprint density at radius 2 is 1.81 bits per heavy atom. The van der Waals surface area contributed by atoms with Crippen molar-refractivity contribution in [2.45, 2.75) is 19.9 Å². The number of halogens is 4. The van der Waals surface area contributed by atoms with Crippen LogP contribution in [0.5, 0.6) is 0 Å². The molecule has 0 saturated carbocycles. The fourth-order valence-corrected chi connectivity index (χ4v) is 5.90. The summed E-state index contributed by atoms with van der Waals surface area (Å²) in [4.78, 5) is 31.3. The van der Waals surface area contributed by atoms with Crippen LogP contribution in [0.25, 0.3) is 17.4 Å². The molecule has 0 saturated heterocycles. The van der Waals surface area contributed by atoms with E-state index in [1.165, 1.54) is 22.8 Å². The van der Waals surface area contributed by atoms with Gasteiger partial charge in [-0.1, -0.05) is 63.8 Å². The van der Waals surface area contributed by atoms with Gasteiger partial charge in [-0.2, -0.15) is 0 Å². The van der Waals surface area contributed by atoms with Crippen molar-refractivity contribution in [1.82, 2.24) is 4.57 Å². The van der Waals surface area contributed by atoms with Crippen LogP contribution in [0.4, 0.5) is 0 Å². The van der Waals surface area contributed by atoms with Crippen LogP contribution < -0.4 is 14.9 Å². The Hall–Kier alpha value is -2.61. The zero-order chi connectivity index (χ0) is 25.7. The minimum atomic E-state index is -0.780. The predicted octanol–water partition coefficient (Wildman–Crippen LogP) is 6.70. The Morgan fingerprint density at radius 1 is 1.03 bits per heavy atom. The molecule has 1 atom stereocenters. The second-order valence-electron chi connectivity index (χ2n) is 8.13. The fourth-order valence-electron chi connectivity index (χ4n) is 4.10. The molecule has 2 aromatic heterocycles. The summed E-state index contributed by atoms with van der Waals surface area (Å²) in [5.41, 5.74) is 1.95. The summed E-state index contributed by atoms with van der Waals surface area (Å²) < 4.78 is 8.07. The average Bonchev–Trinajstić information content (AvgIpc) is 3.42. The van der Waals surface area contributed by atoms with E-state index in [9.17, 15) is 9.59 Å². The smallest absolute Gasteiger partial charge is 0.271 e. The number of carbonyl (C=O) groups is 1. The van der Waals surface area contributed by atoms with Gasteiger partial charge in [-0.15, -0.1) is 0 Å². The summed E-state index contributed by atoms with van der Waals surface area (Å²) in [7, 11) is 0. The van der Waals surface area contributed by atoms with Crippen molar-refractivity contribution in [3.8, 4) is 11.3 Å². The maximum absolute atomic E-state index is 13.6. The first-order valence-corrected chi connectivity index (χ1v) is 13.0. The quantitative estimate of drug-likeness (QED) is 0.271. The minimum absolute atomic E-state index is 0.205. The molecule has 5 nitrogen and oxygen atoms in total. The van der Waals surface area contributed by atoms with Gasteiger partial charge in [0, 0.05) is 26.9 Å². The van der Waals surface area contributed by atoms with E-state index in [1.54, 1.807) is 61.5 Å². The highest BCUT2D eigenvalue weighted by molar-refractivity contribution is 7.07. The minimum Gasteiger partial charge on any atom is -0.458 e. The number of thiazole rings is 1. The summed E-state index contributed by atoms with van der Waals surface area (Å²) in [6, 6.07) is 12.9. The lowest BCUT2D eigenvalue weighted by molar-refractivity contribution is -0.114. The van der Waals surface area contributed by atoms with Gasteiger partial charge in [0.05, 0.1) is 14.6 Å². The number of fused-ring (bicyclic) bond motifs is 1. The lowest BCUT2D eigenvalue weighted by atomic mass is 9.98. The van der Waals surface area contributed by atoms with Gasteiger partial charge in [0.2, 0.25) is 0 Å². The lowest BCUT2D eigenvalue weighted by Gasteiger charge is -2.22. The summed E-state index contributed by atoms with van der Waals surface area (Å²) in [6.07, 6.45) is 1.69. The number of hydrogen-bond donors (Lipinski definition) is 0. The van der Waals surface area contributed by atoms with Gasteiger partial charge in [-0.3, -0.25) is 14.2 Å². The van der Waals surface area contributed by atoms with Crippen LogP contribution in [0, 0.1) is 0 Å². The molecule has 0 N–H and O–H groups in total. The Balaban J connectivity index is 1.69. The fraction of sp³-hybridized carbons (Fsp3) is 0.115. The van der Waals surface area contributed by atoms with E-state index in [2.05, 4.69) is 4.99 Å². The molecule has 0 bridgehead atoms. The van der Waals surface area contributed by atoms with Gasteiger partial charge in [0.25, 0.3) is 5.56 Å². The number of aromatic nitrogens is 1. The van der Waals surface area contributed by atoms with E-state index in [4.69, 9.17) is 50.8 Å². The standard InChI is InChI=1S/C26H16Cl4N2O3S/c1-12-23(13(2)33)24(21-8-7-20(35-21)15-4-6-17(28)19(30)9-15)32-25(34)22(36-26(32)31-12)10-14-3-5-16(27)11-18(14)29/h3-11,24H,1-2H3/b22-10+/t24-/m0/s1. The SMILES string of the molecule is CC(=O)C1=C(C)N=c2s/c(=C/c3ccc(Cl)cc3Cl)c(=O)n2[C@H]1c1ccc(-c2ccc(Cl)c(Cl)c2)o1. The average molecular weight is 578 g/mol.